The minimum Gasteiger partial charge on any atom is -0.0776 e. The zero-order valence-electron chi connectivity index (χ0n) is 6.41. The van der Waals surface area contributed by atoms with Crippen LogP contribution in [0, 0.1) is 5.92 Å². The molecule has 0 aromatic heterocycles. The summed E-state index contributed by atoms with van der Waals surface area (Å²) in [6.07, 6.45) is 5.52. The van der Waals surface area contributed by atoms with E-state index in [-0.39, 0.29) is 7.43 Å². The molecule has 0 heterocycles. The van der Waals surface area contributed by atoms with Crippen LogP contribution >= 0.6 is 0 Å². The fraction of sp³-hybridized carbons (Fsp3) is 1.00. The van der Waals surface area contributed by atoms with E-state index in [4.69, 9.17) is 0 Å². The monoisotopic (exact) mass is 130 g/mol. The molecule has 0 fully saturated rings. The maximum atomic E-state index is 2.34. The molecular formula is C9H22. The number of rotatable bonds is 4. The average molecular weight is 130 g/mol. The van der Waals surface area contributed by atoms with Gasteiger partial charge in [0.1, 0.15) is 0 Å². The van der Waals surface area contributed by atoms with Crippen LogP contribution in [0.2, 0.25) is 0 Å². The first-order chi connectivity index (χ1) is 3.81. The van der Waals surface area contributed by atoms with Crippen LogP contribution in [0.1, 0.15) is 53.9 Å². The minimum atomic E-state index is 0. The third-order valence-corrected chi connectivity index (χ3v) is 1.56. The summed E-state index contributed by atoms with van der Waals surface area (Å²) in [4.78, 5) is 0. The van der Waals surface area contributed by atoms with Crippen LogP contribution < -0.4 is 0 Å². The van der Waals surface area contributed by atoms with Gasteiger partial charge in [-0.15, -0.1) is 0 Å². The Hall–Kier alpha value is 0. The van der Waals surface area contributed by atoms with Crippen molar-refractivity contribution in [3.05, 3.63) is 0 Å². The van der Waals surface area contributed by atoms with Gasteiger partial charge in [-0.3, -0.25) is 0 Å². The summed E-state index contributed by atoms with van der Waals surface area (Å²) in [5, 5.41) is 0. The molecule has 0 N–H and O–H groups in total. The molecule has 58 valence electrons. The van der Waals surface area contributed by atoms with Gasteiger partial charge in [-0.25, -0.2) is 0 Å². The highest BCUT2D eigenvalue weighted by Gasteiger charge is 1.95. The molecule has 0 unspecified atom stereocenters. The number of hydrogen-bond acceptors (Lipinski definition) is 0. The lowest BCUT2D eigenvalue weighted by atomic mass is 10.0. The molecule has 0 spiro atoms. The van der Waals surface area contributed by atoms with Crippen LogP contribution in [0.5, 0.6) is 0 Å². The molecule has 0 bridgehead atoms. The topological polar surface area (TPSA) is 0 Å². The molecule has 0 saturated carbocycles. The van der Waals surface area contributed by atoms with Crippen molar-refractivity contribution >= 4 is 0 Å². The second-order valence-corrected chi connectivity index (χ2v) is 2.68. The van der Waals surface area contributed by atoms with E-state index in [1.807, 2.05) is 0 Å². The maximum absolute atomic E-state index is 2.34. The van der Waals surface area contributed by atoms with E-state index in [1.54, 1.807) is 0 Å². The third kappa shape index (κ3) is 8.00. The minimum absolute atomic E-state index is 0. The van der Waals surface area contributed by atoms with E-state index in [0.717, 1.165) is 5.92 Å². The molecule has 0 nitrogen and oxygen atoms in total. The van der Waals surface area contributed by atoms with Crippen molar-refractivity contribution in [2.45, 2.75) is 53.9 Å². The summed E-state index contributed by atoms with van der Waals surface area (Å²) < 4.78 is 0. The summed E-state index contributed by atoms with van der Waals surface area (Å²) in [7, 11) is 0. The van der Waals surface area contributed by atoms with Gasteiger partial charge >= 0.3 is 0 Å². The Bertz CT molecular complexity index is 33.3. The van der Waals surface area contributed by atoms with E-state index in [0.29, 0.717) is 0 Å². The normalized spacial score (nSPS) is 9.33. The predicted molar refractivity (Wildman–Crippen MR) is 45.7 cm³/mol. The van der Waals surface area contributed by atoms with Crippen LogP contribution in [-0.4, -0.2) is 0 Å². The molecule has 0 atom stereocenters. The largest absolute Gasteiger partial charge is 0.0776 e. The lowest BCUT2D eigenvalue weighted by Crippen LogP contribution is -1.91. The molecule has 0 saturated heterocycles. The molecule has 0 aromatic rings. The van der Waals surface area contributed by atoms with Crippen molar-refractivity contribution in [3.8, 4) is 0 Å². The smallest absolute Gasteiger partial charge is 0.0443 e. The molecule has 0 aliphatic heterocycles. The first kappa shape index (κ1) is 11.8. The lowest BCUT2D eigenvalue weighted by molar-refractivity contribution is 0.480. The van der Waals surface area contributed by atoms with Crippen LogP contribution in [-0.2, 0) is 0 Å². The second kappa shape index (κ2) is 8.00. The second-order valence-electron chi connectivity index (χ2n) is 2.68. The first-order valence-corrected chi connectivity index (χ1v) is 3.81. The van der Waals surface area contributed by atoms with Crippen LogP contribution in [0.15, 0.2) is 0 Å². The third-order valence-electron chi connectivity index (χ3n) is 1.56. The van der Waals surface area contributed by atoms with E-state index in [9.17, 15) is 0 Å². The molecule has 0 aliphatic rings. The Morgan fingerprint density at radius 2 is 1.33 bits per heavy atom. The van der Waals surface area contributed by atoms with Crippen molar-refractivity contribution in [3.63, 3.8) is 0 Å². The Morgan fingerprint density at radius 3 is 1.56 bits per heavy atom. The van der Waals surface area contributed by atoms with Gasteiger partial charge < -0.3 is 0 Å². The van der Waals surface area contributed by atoms with E-state index in [2.05, 4.69) is 20.8 Å². The fourth-order valence-corrected chi connectivity index (χ4v) is 1.13. The molecule has 9 heavy (non-hydrogen) atoms. The zero-order valence-corrected chi connectivity index (χ0v) is 6.41. The molecule has 0 aliphatic carbocycles. The summed E-state index contributed by atoms with van der Waals surface area (Å²) in [6, 6.07) is 0. The average Bonchev–Trinajstić information content (AvgIpc) is 1.68. The van der Waals surface area contributed by atoms with Gasteiger partial charge in [-0.2, -0.15) is 0 Å². The molecule has 0 amide bonds. The van der Waals surface area contributed by atoms with Gasteiger partial charge in [0.2, 0.25) is 0 Å². The van der Waals surface area contributed by atoms with E-state index in [1.165, 1.54) is 25.7 Å². The lowest BCUT2D eigenvalue weighted by Gasteiger charge is -2.05. The van der Waals surface area contributed by atoms with Crippen LogP contribution in [0.4, 0.5) is 0 Å². The van der Waals surface area contributed by atoms with Crippen LogP contribution in [0.25, 0.3) is 0 Å². The van der Waals surface area contributed by atoms with Crippen molar-refractivity contribution in [1.29, 1.82) is 0 Å². The first-order valence-electron chi connectivity index (χ1n) is 3.81. The van der Waals surface area contributed by atoms with Gasteiger partial charge in [0.25, 0.3) is 0 Å². The van der Waals surface area contributed by atoms with E-state index < -0.39 is 0 Å². The maximum Gasteiger partial charge on any atom is -0.0443 e. The highest BCUT2D eigenvalue weighted by molar-refractivity contribution is 4.48. The van der Waals surface area contributed by atoms with Crippen molar-refractivity contribution < 1.29 is 0 Å². The quantitative estimate of drug-likeness (QED) is 0.542. The van der Waals surface area contributed by atoms with Gasteiger partial charge in [-0.1, -0.05) is 53.9 Å². The fourth-order valence-electron chi connectivity index (χ4n) is 1.13. The molecule has 0 radical (unpaired) electrons. The standard InChI is InChI=1S/C8H18.CH4/c1-4-6-8(3)7-5-2;/h8H,4-7H2,1-3H3;1H4. The molecular weight excluding hydrogens is 108 g/mol. The van der Waals surface area contributed by atoms with Gasteiger partial charge in [0, 0.05) is 0 Å². The summed E-state index contributed by atoms with van der Waals surface area (Å²) in [6.45, 7) is 6.85. The molecule has 0 aromatic carbocycles. The summed E-state index contributed by atoms with van der Waals surface area (Å²) in [5.74, 6) is 0.963. The number of hydrogen-bond donors (Lipinski definition) is 0. The molecule has 0 rings (SSSR count). The SMILES string of the molecule is C.CCCC(C)CCC. The zero-order chi connectivity index (χ0) is 6.41. The Balaban J connectivity index is 0. The van der Waals surface area contributed by atoms with Crippen molar-refractivity contribution in [2.24, 2.45) is 5.92 Å². The Morgan fingerprint density at radius 1 is 1.00 bits per heavy atom. The van der Waals surface area contributed by atoms with Gasteiger partial charge in [0.05, 0.1) is 0 Å². The van der Waals surface area contributed by atoms with Gasteiger partial charge in [-0.05, 0) is 5.92 Å². The predicted octanol–water partition coefficient (Wildman–Crippen LogP) is 3.86. The van der Waals surface area contributed by atoms with E-state index >= 15 is 0 Å². The van der Waals surface area contributed by atoms with Crippen molar-refractivity contribution in [1.82, 2.24) is 0 Å². The van der Waals surface area contributed by atoms with Crippen molar-refractivity contribution in [2.75, 3.05) is 0 Å². The van der Waals surface area contributed by atoms with Crippen LogP contribution in [0.3, 0.4) is 0 Å². The summed E-state index contributed by atoms with van der Waals surface area (Å²) in [5.41, 5.74) is 0. The Kier molecular flexibility index (Phi) is 10.4. The highest BCUT2D eigenvalue weighted by Crippen LogP contribution is 2.10. The molecule has 0 heteroatoms. The Labute approximate surface area is 60.7 Å². The van der Waals surface area contributed by atoms with Gasteiger partial charge in [0.15, 0.2) is 0 Å². The highest BCUT2D eigenvalue weighted by atomic mass is 14.0. The summed E-state index contributed by atoms with van der Waals surface area (Å²) >= 11 is 0.